The van der Waals surface area contributed by atoms with Gasteiger partial charge < -0.3 is 14.6 Å². The molecule has 0 aliphatic carbocycles. The molecule has 1 unspecified atom stereocenters. The minimum Gasteiger partial charge on any atom is -0.501 e. The third kappa shape index (κ3) is 2.16. The summed E-state index contributed by atoms with van der Waals surface area (Å²) in [4.78, 5) is 0.856. The highest BCUT2D eigenvalue weighted by molar-refractivity contribution is 7.10. The lowest BCUT2D eigenvalue weighted by Crippen LogP contribution is -2.07. The SMILES string of the molecule is COc1ccsc1C(O)C1=COCCC1. The van der Waals surface area contributed by atoms with Crippen molar-refractivity contribution in [1.29, 1.82) is 0 Å². The second-order valence-electron chi connectivity index (χ2n) is 3.42. The van der Waals surface area contributed by atoms with E-state index in [-0.39, 0.29) is 0 Å². The molecule has 3 nitrogen and oxygen atoms in total. The largest absolute Gasteiger partial charge is 0.501 e. The number of ether oxygens (including phenoxy) is 2. The molecule has 2 rings (SSSR count). The quantitative estimate of drug-likeness (QED) is 0.860. The van der Waals surface area contributed by atoms with E-state index in [9.17, 15) is 5.11 Å². The van der Waals surface area contributed by atoms with E-state index in [2.05, 4.69) is 0 Å². The molecule has 0 bridgehead atoms. The van der Waals surface area contributed by atoms with Gasteiger partial charge in [-0.2, -0.15) is 0 Å². The van der Waals surface area contributed by atoms with Crippen molar-refractivity contribution in [1.82, 2.24) is 0 Å². The maximum atomic E-state index is 10.1. The van der Waals surface area contributed by atoms with E-state index in [1.165, 1.54) is 11.3 Å². The first-order valence-corrected chi connectivity index (χ1v) is 5.81. The van der Waals surface area contributed by atoms with Crippen molar-refractivity contribution >= 4 is 11.3 Å². The molecule has 15 heavy (non-hydrogen) atoms. The number of aliphatic hydroxyl groups is 1. The van der Waals surface area contributed by atoms with E-state index in [0.29, 0.717) is 0 Å². The highest BCUT2D eigenvalue weighted by Gasteiger charge is 2.20. The summed E-state index contributed by atoms with van der Waals surface area (Å²) in [5, 5.41) is 12.0. The predicted octanol–water partition coefficient (Wildman–Crippen LogP) is 2.48. The van der Waals surface area contributed by atoms with Crippen LogP contribution in [0.3, 0.4) is 0 Å². The fourth-order valence-electron chi connectivity index (χ4n) is 1.63. The molecule has 1 aliphatic heterocycles. The Morgan fingerprint density at radius 1 is 1.60 bits per heavy atom. The molecule has 1 aromatic heterocycles. The molecule has 0 saturated heterocycles. The molecule has 0 radical (unpaired) electrons. The minimum absolute atomic E-state index is 0.583. The number of hydrogen-bond acceptors (Lipinski definition) is 4. The second kappa shape index (κ2) is 4.68. The van der Waals surface area contributed by atoms with Gasteiger partial charge in [0.25, 0.3) is 0 Å². The molecule has 2 heterocycles. The summed E-state index contributed by atoms with van der Waals surface area (Å²) in [6.07, 6.45) is 2.95. The van der Waals surface area contributed by atoms with Crippen LogP contribution in [-0.2, 0) is 4.74 Å². The molecule has 1 atom stereocenters. The number of rotatable bonds is 3. The van der Waals surface area contributed by atoms with Gasteiger partial charge in [-0.1, -0.05) is 0 Å². The van der Waals surface area contributed by atoms with Crippen molar-refractivity contribution in [3.8, 4) is 5.75 Å². The number of thiophene rings is 1. The minimum atomic E-state index is -0.583. The fourth-order valence-corrected chi connectivity index (χ4v) is 2.52. The van der Waals surface area contributed by atoms with Crippen LogP contribution in [0, 0.1) is 0 Å². The Balaban J connectivity index is 2.19. The van der Waals surface area contributed by atoms with Crippen molar-refractivity contribution in [2.75, 3.05) is 13.7 Å². The van der Waals surface area contributed by atoms with Gasteiger partial charge in [0.05, 0.1) is 24.9 Å². The van der Waals surface area contributed by atoms with Crippen LogP contribution in [0.5, 0.6) is 5.75 Å². The van der Waals surface area contributed by atoms with Gasteiger partial charge >= 0.3 is 0 Å². The van der Waals surface area contributed by atoms with Crippen molar-refractivity contribution < 1.29 is 14.6 Å². The lowest BCUT2D eigenvalue weighted by Gasteiger charge is -2.18. The van der Waals surface area contributed by atoms with Crippen LogP contribution in [0.4, 0.5) is 0 Å². The van der Waals surface area contributed by atoms with E-state index < -0.39 is 6.10 Å². The van der Waals surface area contributed by atoms with E-state index in [1.54, 1.807) is 13.4 Å². The smallest absolute Gasteiger partial charge is 0.135 e. The van der Waals surface area contributed by atoms with Crippen LogP contribution in [0.15, 0.2) is 23.3 Å². The van der Waals surface area contributed by atoms with Gasteiger partial charge in [-0.15, -0.1) is 11.3 Å². The van der Waals surface area contributed by atoms with Crippen molar-refractivity contribution in [3.63, 3.8) is 0 Å². The van der Waals surface area contributed by atoms with E-state index in [4.69, 9.17) is 9.47 Å². The highest BCUT2D eigenvalue weighted by atomic mass is 32.1. The van der Waals surface area contributed by atoms with Gasteiger partial charge in [0.2, 0.25) is 0 Å². The fraction of sp³-hybridized carbons (Fsp3) is 0.455. The first-order chi connectivity index (χ1) is 7.33. The molecule has 0 spiro atoms. The van der Waals surface area contributed by atoms with Crippen LogP contribution >= 0.6 is 11.3 Å². The number of hydrogen-bond donors (Lipinski definition) is 1. The normalized spacial score (nSPS) is 17.9. The van der Waals surface area contributed by atoms with Crippen LogP contribution in [0.25, 0.3) is 0 Å². The lowest BCUT2D eigenvalue weighted by atomic mass is 10.0. The van der Waals surface area contributed by atoms with Crippen molar-refractivity contribution in [2.45, 2.75) is 18.9 Å². The second-order valence-corrected chi connectivity index (χ2v) is 4.37. The van der Waals surface area contributed by atoms with Gasteiger partial charge in [-0.05, 0) is 29.9 Å². The standard InChI is InChI=1S/C11H14O3S/c1-13-9-4-6-15-11(9)10(12)8-3-2-5-14-7-8/h4,6-7,10,12H,2-3,5H2,1H3. The number of methoxy groups -OCH3 is 1. The van der Waals surface area contributed by atoms with Gasteiger partial charge in [-0.25, -0.2) is 0 Å². The molecular weight excluding hydrogens is 212 g/mol. The van der Waals surface area contributed by atoms with Crippen LogP contribution in [0.1, 0.15) is 23.8 Å². The molecule has 1 N–H and O–H groups in total. The molecule has 0 aromatic carbocycles. The lowest BCUT2D eigenvalue weighted by molar-refractivity contribution is 0.170. The molecule has 0 fully saturated rings. The monoisotopic (exact) mass is 226 g/mol. The Labute approximate surface area is 93.0 Å². The van der Waals surface area contributed by atoms with Crippen molar-refractivity contribution in [2.24, 2.45) is 0 Å². The third-order valence-corrected chi connectivity index (χ3v) is 3.39. The maximum Gasteiger partial charge on any atom is 0.135 e. The molecular formula is C11H14O3S. The Bertz CT molecular complexity index is 356. The predicted molar refractivity (Wildman–Crippen MR) is 59.1 cm³/mol. The third-order valence-electron chi connectivity index (χ3n) is 2.44. The molecule has 0 saturated carbocycles. The zero-order valence-corrected chi connectivity index (χ0v) is 9.42. The summed E-state index contributed by atoms with van der Waals surface area (Å²) in [6, 6.07) is 1.87. The summed E-state index contributed by atoms with van der Waals surface area (Å²) in [5.41, 5.74) is 0.932. The summed E-state index contributed by atoms with van der Waals surface area (Å²) in [7, 11) is 1.62. The Morgan fingerprint density at radius 3 is 3.13 bits per heavy atom. The van der Waals surface area contributed by atoms with Crippen LogP contribution in [-0.4, -0.2) is 18.8 Å². The average Bonchev–Trinajstić information content (AvgIpc) is 2.77. The summed E-state index contributed by atoms with van der Waals surface area (Å²) >= 11 is 1.50. The molecule has 82 valence electrons. The van der Waals surface area contributed by atoms with Gasteiger partial charge in [0.1, 0.15) is 11.9 Å². The average molecular weight is 226 g/mol. The van der Waals surface area contributed by atoms with E-state index >= 15 is 0 Å². The highest BCUT2D eigenvalue weighted by Crippen LogP contribution is 2.36. The van der Waals surface area contributed by atoms with Crippen molar-refractivity contribution in [3.05, 3.63) is 28.2 Å². The summed E-state index contributed by atoms with van der Waals surface area (Å²) in [5.74, 6) is 0.749. The molecule has 1 aliphatic rings. The Hall–Kier alpha value is -1.00. The zero-order chi connectivity index (χ0) is 10.7. The van der Waals surface area contributed by atoms with E-state index in [1.807, 2.05) is 11.4 Å². The maximum absolute atomic E-state index is 10.1. The summed E-state index contributed by atoms with van der Waals surface area (Å²) in [6.45, 7) is 0.748. The van der Waals surface area contributed by atoms with Gasteiger partial charge in [0, 0.05) is 0 Å². The van der Waals surface area contributed by atoms with Gasteiger partial charge in [-0.3, -0.25) is 0 Å². The van der Waals surface area contributed by atoms with Crippen LogP contribution < -0.4 is 4.74 Å². The molecule has 1 aromatic rings. The number of aliphatic hydroxyl groups excluding tert-OH is 1. The van der Waals surface area contributed by atoms with Crippen LogP contribution in [0.2, 0.25) is 0 Å². The van der Waals surface area contributed by atoms with E-state index in [0.717, 1.165) is 35.6 Å². The Kier molecular flexibility index (Phi) is 3.28. The first kappa shape index (κ1) is 10.5. The zero-order valence-electron chi connectivity index (χ0n) is 8.60. The molecule has 4 heteroatoms. The Morgan fingerprint density at radius 2 is 2.47 bits per heavy atom. The van der Waals surface area contributed by atoms with Gasteiger partial charge in [0.15, 0.2) is 0 Å². The summed E-state index contributed by atoms with van der Waals surface area (Å²) < 4.78 is 10.4. The molecule has 0 amide bonds. The first-order valence-electron chi connectivity index (χ1n) is 4.93. The topological polar surface area (TPSA) is 38.7 Å².